The topological polar surface area (TPSA) is 103 Å². The highest BCUT2D eigenvalue weighted by atomic mass is 35.5. The van der Waals surface area contributed by atoms with E-state index in [2.05, 4.69) is 15.3 Å². The van der Waals surface area contributed by atoms with Gasteiger partial charge in [0.2, 0.25) is 0 Å². The molecular formula is C22H17Cl2N5O2. The quantitative estimate of drug-likeness (QED) is 0.347. The molecule has 156 valence electrons. The second-order valence-electron chi connectivity index (χ2n) is 6.86. The first-order valence-electron chi connectivity index (χ1n) is 9.30. The first kappa shape index (κ1) is 20.8. The third-order valence-corrected chi connectivity index (χ3v) is 5.35. The van der Waals surface area contributed by atoms with Gasteiger partial charge in [0.25, 0.3) is 5.91 Å². The third kappa shape index (κ3) is 4.10. The van der Waals surface area contributed by atoms with Crippen LogP contribution in [0.25, 0.3) is 16.7 Å². The number of imidazole rings is 1. The minimum atomic E-state index is -0.527. The van der Waals surface area contributed by atoms with Gasteiger partial charge in [-0.15, -0.1) is 0 Å². The van der Waals surface area contributed by atoms with Crippen LogP contribution >= 0.6 is 23.2 Å². The zero-order valence-corrected chi connectivity index (χ0v) is 17.9. The van der Waals surface area contributed by atoms with E-state index in [4.69, 9.17) is 28.9 Å². The molecule has 0 unspecified atom stereocenters. The van der Waals surface area contributed by atoms with Gasteiger partial charge >= 0.3 is 0 Å². The number of Topliss-reactive ketones (excluding diaryl/α,β-unsaturated/α-hetero) is 1. The van der Waals surface area contributed by atoms with Gasteiger partial charge in [-0.1, -0.05) is 23.2 Å². The number of ketones is 1. The smallest absolute Gasteiger partial charge is 0.253 e. The molecule has 0 fully saturated rings. The molecule has 0 aliphatic heterocycles. The largest absolute Gasteiger partial charge is 0.397 e. The monoisotopic (exact) mass is 453 g/mol. The Labute approximate surface area is 187 Å². The van der Waals surface area contributed by atoms with Crippen LogP contribution in [0.1, 0.15) is 26.5 Å². The van der Waals surface area contributed by atoms with E-state index in [0.717, 1.165) is 22.5 Å². The summed E-state index contributed by atoms with van der Waals surface area (Å²) in [7, 11) is 0. The van der Waals surface area contributed by atoms with Crippen molar-refractivity contribution < 1.29 is 9.59 Å². The Hall–Kier alpha value is -3.42. The van der Waals surface area contributed by atoms with Crippen LogP contribution in [0.3, 0.4) is 0 Å². The minimum absolute atomic E-state index is 0.110. The van der Waals surface area contributed by atoms with Crippen LogP contribution in [0.5, 0.6) is 0 Å². The Morgan fingerprint density at radius 2 is 1.87 bits per heavy atom. The Morgan fingerprint density at radius 1 is 1.13 bits per heavy atom. The van der Waals surface area contributed by atoms with Crippen LogP contribution in [-0.4, -0.2) is 32.8 Å². The molecule has 0 atom stereocenters. The van der Waals surface area contributed by atoms with Crippen LogP contribution in [0.4, 0.5) is 5.69 Å². The van der Waals surface area contributed by atoms with Crippen LogP contribution in [-0.2, 0) is 0 Å². The summed E-state index contributed by atoms with van der Waals surface area (Å²) < 4.78 is 1.98. The second-order valence-corrected chi connectivity index (χ2v) is 7.70. The van der Waals surface area contributed by atoms with E-state index in [9.17, 15) is 9.59 Å². The number of carbonyl (C=O) groups is 2. The number of nitrogen functional groups attached to an aromatic ring is 1. The van der Waals surface area contributed by atoms with E-state index in [1.807, 2.05) is 29.7 Å². The predicted octanol–water partition coefficient (Wildman–Crippen LogP) is 4.23. The zero-order valence-electron chi connectivity index (χ0n) is 16.4. The number of nitrogens with zero attached hydrogens (tertiary/aromatic N) is 3. The summed E-state index contributed by atoms with van der Waals surface area (Å²) in [5.41, 5.74) is 9.12. The molecule has 9 heteroatoms. The average molecular weight is 454 g/mol. The normalized spacial score (nSPS) is 10.9. The van der Waals surface area contributed by atoms with Crippen molar-refractivity contribution in [1.29, 1.82) is 0 Å². The number of amides is 1. The molecule has 3 N–H and O–H groups in total. The molecule has 0 bridgehead atoms. The van der Waals surface area contributed by atoms with Gasteiger partial charge in [0.05, 0.1) is 34.5 Å². The molecule has 4 aromatic rings. The van der Waals surface area contributed by atoms with E-state index >= 15 is 0 Å². The van der Waals surface area contributed by atoms with Gasteiger partial charge in [-0.3, -0.25) is 19.1 Å². The van der Waals surface area contributed by atoms with E-state index in [0.29, 0.717) is 5.56 Å². The number of nitrogens with one attached hydrogen (secondary N) is 1. The van der Waals surface area contributed by atoms with Crippen LogP contribution in [0.15, 0.2) is 54.9 Å². The third-order valence-electron chi connectivity index (χ3n) is 4.82. The number of rotatable bonds is 5. The standard InChI is InChI=1S/C22H17Cl2N5O2/c1-12-28-18-10-26-7-6-19(18)29(12)15-4-2-13(3-5-15)20(30)11-27-22(31)16-8-14(23)9-17(24)21(16)25/h2-10H,11,25H2,1H3,(H,27,31). The number of fused-ring (bicyclic) bond motifs is 1. The first-order chi connectivity index (χ1) is 14.8. The van der Waals surface area contributed by atoms with Crippen molar-refractivity contribution in [2.45, 2.75) is 6.92 Å². The molecule has 2 aromatic carbocycles. The van der Waals surface area contributed by atoms with E-state index in [1.54, 1.807) is 24.5 Å². The van der Waals surface area contributed by atoms with Crippen LogP contribution in [0, 0.1) is 6.92 Å². The van der Waals surface area contributed by atoms with Crippen molar-refractivity contribution in [3.05, 3.63) is 81.9 Å². The molecule has 7 nitrogen and oxygen atoms in total. The average Bonchev–Trinajstić information content (AvgIpc) is 3.10. The molecule has 4 rings (SSSR count). The van der Waals surface area contributed by atoms with Crippen molar-refractivity contribution >= 4 is 51.6 Å². The lowest BCUT2D eigenvalue weighted by molar-refractivity contribution is 0.0904. The van der Waals surface area contributed by atoms with Gasteiger partial charge in [0, 0.05) is 22.5 Å². The van der Waals surface area contributed by atoms with E-state index < -0.39 is 5.91 Å². The molecule has 0 radical (unpaired) electrons. The van der Waals surface area contributed by atoms with Crippen LogP contribution in [0.2, 0.25) is 10.0 Å². The highest BCUT2D eigenvalue weighted by molar-refractivity contribution is 6.37. The maximum absolute atomic E-state index is 12.6. The fraction of sp³-hybridized carbons (Fsp3) is 0.0909. The van der Waals surface area contributed by atoms with Crippen molar-refractivity contribution in [3.63, 3.8) is 0 Å². The highest BCUT2D eigenvalue weighted by Gasteiger charge is 2.16. The summed E-state index contributed by atoms with van der Waals surface area (Å²) in [6.07, 6.45) is 3.42. The lowest BCUT2D eigenvalue weighted by atomic mass is 10.1. The second kappa shape index (κ2) is 8.37. The summed E-state index contributed by atoms with van der Waals surface area (Å²) in [5, 5.41) is 3.02. The zero-order chi connectivity index (χ0) is 22.1. The maximum atomic E-state index is 12.6. The lowest BCUT2D eigenvalue weighted by Crippen LogP contribution is -2.30. The molecule has 1 amide bonds. The van der Waals surface area contributed by atoms with Crippen molar-refractivity contribution in [1.82, 2.24) is 19.9 Å². The number of aryl methyl sites for hydroxylation is 1. The summed E-state index contributed by atoms with van der Waals surface area (Å²) in [6, 6.07) is 11.8. The SMILES string of the molecule is Cc1nc2cnccc2n1-c1ccc(C(=O)CNC(=O)c2cc(Cl)cc(Cl)c2N)cc1. The van der Waals surface area contributed by atoms with E-state index in [1.165, 1.54) is 12.1 Å². The first-order valence-corrected chi connectivity index (χ1v) is 10.1. The van der Waals surface area contributed by atoms with Gasteiger partial charge in [-0.2, -0.15) is 0 Å². The van der Waals surface area contributed by atoms with E-state index in [-0.39, 0.29) is 33.6 Å². The van der Waals surface area contributed by atoms with Crippen molar-refractivity contribution in [2.24, 2.45) is 0 Å². The fourth-order valence-corrected chi connectivity index (χ4v) is 3.80. The van der Waals surface area contributed by atoms with Gasteiger partial charge < -0.3 is 11.1 Å². The molecule has 31 heavy (non-hydrogen) atoms. The fourth-order valence-electron chi connectivity index (χ4n) is 3.31. The minimum Gasteiger partial charge on any atom is -0.397 e. The number of carbonyl (C=O) groups excluding carboxylic acids is 2. The van der Waals surface area contributed by atoms with Crippen molar-refractivity contribution in [3.8, 4) is 5.69 Å². The molecule has 0 aliphatic carbocycles. The molecule has 2 heterocycles. The summed E-state index contributed by atoms with van der Waals surface area (Å²) >= 11 is 11.9. The van der Waals surface area contributed by atoms with Gasteiger partial charge in [0.15, 0.2) is 5.78 Å². The number of hydrogen-bond donors (Lipinski definition) is 2. The maximum Gasteiger partial charge on any atom is 0.253 e. The number of pyridine rings is 1. The van der Waals surface area contributed by atoms with Gasteiger partial charge in [0.1, 0.15) is 11.3 Å². The highest BCUT2D eigenvalue weighted by Crippen LogP contribution is 2.27. The molecule has 0 spiro atoms. The van der Waals surface area contributed by atoms with Crippen LogP contribution < -0.4 is 11.1 Å². The number of nitrogens with two attached hydrogens (primary N) is 1. The molecule has 0 saturated carbocycles. The Balaban J connectivity index is 1.49. The summed E-state index contributed by atoms with van der Waals surface area (Å²) in [6.45, 7) is 1.71. The molecule has 0 saturated heterocycles. The summed E-state index contributed by atoms with van der Waals surface area (Å²) in [4.78, 5) is 33.5. The molecular weight excluding hydrogens is 437 g/mol. The Kier molecular flexibility index (Phi) is 5.63. The van der Waals surface area contributed by atoms with Gasteiger partial charge in [-0.25, -0.2) is 4.98 Å². The number of anilines is 1. The predicted molar refractivity (Wildman–Crippen MR) is 121 cm³/mol. The summed E-state index contributed by atoms with van der Waals surface area (Å²) in [5.74, 6) is 0.0381. The lowest BCUT2D eigenvalue weighted by Gasteiger charge is -2.10. The Bertz CT molecular complexity index is 1320. The number of halogens is 2. The number of aromatic nitrogens is 3. The number of hydrogen-bond acceptors (Lipinski definition) is 5. The molecule has 0 aliphatic rings. The number of benzene rings is 2. The Morgan fingerprint density at radius 3 is 2.61 bits per heavy atom. The molecule has 2 aromatic heterocycles. The van der Waals surface area contributed by atoms with Gasteiger partial charge in [-0.05, 0) is 49.4 Å². The van der Waals surface area contributed by atoms with Crippen molar-refractivity contribution in [2.75, 3.05) is 12.3 Å².